The van der Waals surface area contributed by atoms with Gasteiger partial charge in [-0.15, -0.1) is 0 Å². The van der Waals surface area contributed by atoms with Gasteiger partial charge in [-0.25, -0.2) is 0 Å². The smallest absolute Gasteiger partial charge is 0.241 e. The van der Waals surface area contributed by atoms with E-state index in [1.165, 1.54) is 14.2 Å². The molecule has 0 saturated carbocycles. The molecule has 1 aromatic rings. The molecular weight excluding hydrogens is 284 g/mol. The molecule has 0 radical (unpaired) electrons. The van der Waals surface area contributed by atoms with Crippen LogP contribution in [0.4, 0.5) is 5.69 Å². The second-order valence-electron chi connectivity index (χ2n) is 4.06. The number of hydrogen-bond acceptors (Lipinski definition) is 5. The Hall–Kier alpha value is -1.50. The summed E-state index contributed by atoms with van der Waals surface area (Å²) in [7, 11) is 4.56. The molecule has 0 fully saturated rings. The highest BCUT2D eigenvalue weighted by molar-refractivity contribution is 6.34. The van der Waals surface area contributed by atoms with Crippen LogP contribution < -0.4 is 20.5 Å². The Balaban J connectivity index is 2.84. The van der Waals surface area contributed by atoms with Crippen LogP contribution in [0.15, 0.2) is 12.1 Å². The summed E-state index contributed by atoms with van der Waals surface area (Å²) in [6.07, 6.45) is 0.424. The molecule has 1 rings (SSSR count). The van der Waals surface area contributed by atoms with E-state index in [0.29, 0.717) is 35.2 Å². The van der Waals surface area contributed by atoms with Crippen molar-refractivity contribution in [3.63, 3.8) is 0 Å². The maximum Gasteiger partial charge on any atom is 0.241 e. The first kappa shape index (κ1) is 16.6. The lowest BCUT2D eigenvalue weighted by Crippen LogP contribution is -2.36. The number of carbonyl (C=O) groups is 1. The van der Waals surface area contributed by atoms with Crippen molar-refractivity contribution < 1.29 is 19.0 Å². The number of amides is 1. The van der Waals surface area contributed by atoms with Gasteiger partial charge in [-0.3, -0.25) is 4.79 Å². The number of nitrogens with one attached hydrogen (secondary N) is 1. The Morgan fingerprint density at radius 2 is 1.90 bits per heavy atom. The van der Waals surface area contributed by atoms with Gasteiger partial charge in [0.15, 0.2) is 11.5 Å². The molecule has 112 valence electrons. The lowest BCUT2D eigenvalue weighted by molar-refractivity contribution is -0.117. The molecule has 0 bridgehead atoms. The molecule has 3 N–H and O–H groups in total. The third-order valence-electron chi connectivity index (χ3n) is 2.70. The van der Waals surface area contributed by atoms with Crippen molar-refractivity contribution >= 4 is 23.2 Å². The highest BCUT2D eigenvalue weighted by atomic mass is 35.5. The van der Waals surface area contributed by atoms with Gasteiger partial charge in [0.05, 0.1) is 31.0 Å². The zero-order valence-electron chi connectivity index (χ0n) is 11.7. The van der Waals surface area contributed by atoms with E-state index < -0.39 is 6.04 Å². The number of benzene rings is 1. The zero-order chi connectivity index (χ0) is 15.1. The van der Waals surface area contributed by atoms with E-state index in [-0.39, 0.29) is 5.91 Å². The molecule has 0 saturated heterocycles. The third-order valence-corrected chi connectivity index (χ3v) is 3.01. The number of rotatable bonds is 7. The molecule has 1 aromatic carbocycles. The van der Waals surface area contributed by atoms with E-state index in [1.807, 2.05) is 0 Å². The molecule has 1 atom stereocenters. The molecule has 7 heteroatoms. The summed E-state index contributed by atoms with van der Waals surface area (Å²) in [6.45, 7) is 0.411. The number of methoxy groups -OCH3 is 3. The summed E-state index contributed by atoms with van der Waals surface area (Å²) in [5.74, 6) is 0.619. The lowest BCUT2D eigenvalue weighted by Gasteiger charge is -2.15. The van der Waals surface area contributed by atoms with Gasteiger partial charge in [-0.1, -0.05) is 11.6 Å². The molecule has 0 spiro atoms. The van der Waals surface area contributed by atoms with Gasteiger partial charge in [0.1, 0.15) is 0 Å². The van der Waals surface area contributed by atoms with E-state index in [0.717, 1.165) is 0 Å². The van der Waals surface area contributed by atoms with Gasteiger partial charge in [0.25, 0.3) is 0 Å². The van der Waals surface area contributed by atoms with Crippen molar-refractivity contribution in [2.45, 2.75) is 12.5 Å². The van der Waals surface area contributed by atoms with Gasteiger partial charge in [-0.05, 0) is 6.42 Å². The predicted octanol–water partition coefficient (Wildman–Crippen LogP) is 1.66. The second kappa shape index (κ2) is 7.94. The first-order valence-electron chi connectivity index (χ1n) is 6.00. The van der Waals surface area contributed by atoms with E-state index in [9.17, 15) is 4.79 Å². The van der Waals surface area contributed by atoms with Crippen molar-refractivity contribution in [1.82, 2.24) is 0 Å². The molecule has 6 nitrogen and oxygen atoms in total. The Morgan fingerprint density at radius 3 is 2.45 bits per heavy atom. The molecule has 0 aromatic heterocycles. The van der Waals surface area contributed by atoms with Crippen LogP contribution in [-0.4, -0.2) is 39.9 Å². The summed E-state index contributed by atoms with van der Waals surface area (Å²) in [5.41, 5.74) is 6.16. The van der Waals surface area contributed by atoms with Crippen molar-refractivity contribution in [1.29, 1.82) is 0 Å². The molecule has 0 aliphatic heterocycles. The maximum absolute atomic E-state index is 11.9. The monoisotopic (exact) mass is 302 g/mol. The largest absolute Gasteiger partial charge is 0.493 e. The van der Waals surface area contributed by atoms with Gasteiger partial charge in [-0.2, -0.15) is 0 Å². The Bertz CT molecular complexity index is 468. The van der Waals surface area contributed by atoms with Crippen LogP contribution >= 0.6 is 11.6 Å². The fraction of sp³-hybridized carbons (Fsp3) is 0.462. The number of hydrogen-bond donors (Lipinski definition) is 2. The van der Waals surface area contributed by atoms with Gasteiger partial charge in [0, 0.05) is 25.8 Å². The molecule has 20 heavy (non-hydrogen) atoms. The Kier molecular flexibility index (Phi) is 6.57. The second-order valence-corrected chi connectivity index (χ2v) is 4.47. The van der Waals surface area contributed by atoms with Crippen molar-refractivity contribution in [2.24, 2.45) is 5.73 Å². The maximum atomic E-state index is 11.9. The highest BCUT2D eigenvalue weighted by Crippen LogP contribution is 2.36. The SMILES string of the molecule is COCCC(N)C(=O)Nc1cc(OC)c(OC)cc1Cl. The standard InChI is InChI=1S/C13H19ClN2O4/c1-18-5-4-9(15)13(17)16-10-7-12(20-3)11(19-2)6-8(10)14/h6-7,9H,4-5,15H2,1-3H3,(H,16,17). The predicted molar refractivity (Wildman–Crippen MR) is 77.7 cm³/mol. The Labute approximate surface area is 123 Å². The van der Waals surface area contributed by atoms with Crippen molar-refractivity contribution in [2.75, 3.05) is 33.3 Å². The molecule has 1 unspecified atom stereocenters. The van der Waals surface area contributed by atoms with Crippen LogP contribution in [0.3, 0.4) is 0 Å². The first-order valence-corrected chi connectivity index (χ1v) is 6.38. The number of ether oxygens (including phenoxy) is 3. The quantitative estimate of drug-likeness (QED) is 0.800. The summed E-state index contributed by atoms with van der Waals surface area (Å²) in [5, 5.41) is 3.00. The average Bonchev–Trinajstić information content (AvgIpc) is 2.45. The Morgan fingerprint density at radius 1 is 1.30 bits per heavy atom. The number of nitrogens with two attached hydrogens (primary N) is 1. The summed E-state index contributed by atoms with van der Waals surface area (Å²) >= 11 is 6.07. The average molecular weight is 303 g/mol. The van der Waals surface area contributed by atoms with Crippen LogP contribution in [0.2, 0.25) is 5.02 Å². The summed E-state index contributed by atoms with van der Waals surface area (Å²) < 4.78 is 15.1. The van der Waals surface area contributed by atoms with Crippen LogP contribution in [0, 0.1) is 0 Å². The fourth-order valence-corrected chi connectivity index (χ4v) is 1.75. The third kappa shape index (κ3) is 4.26. The minimum Gasteiger partial charge on any atom is -0.493 e. The topological polar surface area (TPSA) is 82.8 Å². The van der Waals surface area contributed by atoms with Crippen molar-refractivity contribution in [3.8, 4) is 11.5 Å². The highest BCUT2D eigenvalue weighted by Gasteiger charge is 2.16. The van der Waals surface area contributed by atoms with Gasteiger partial charge >= 0.3 is 0 Å². The van der Waals surface area contributed by atoms with Gasteiger partial charge in [0.2, 0.25) is 5.91 Å². The van der Waals surface area contributed by atoms with E-state index in [1.54, 1.807) is 19.2 Å². The van der Waals surface area contributed by atoms with Gasteiger partial charge < -0.3 is 25.3 Å². The lowest BCUT2D eigenvalue weighted by atomic mass is 10.2. The van der Waals surface area contributed by atoms with E-state index >= 15 is 0 Å². The molecule has 0 aliphatic rings. The van der Waals surface area contributed by atoms with Crippen LogP contribution in [0.5, 0.6) is 11.5 Å². The zero-order valence-corrected chi connectivity index (χ0v) is 12.5. The normalized spacial score (nSPS) is 11.8. The van der Waals surface area contributed by atoms with Crippen molar-refractivity contribution in [3.05, 3.63) is 17.2 Å². The van der Waals surface area contributed by atoms with E-state index in [4.69, 9.17) is 31.5 Å². The minimum absolute atomic E-state index is 0.337. The number of anilines is 1. The van der Waals surface area contributed by atoms with Crippen LogP contribution in [-0.2, 0) is 9.53 Å². The van der Waals surface area contributed by atoms with E-state index in [2.05, 4.69) is 5.32 Å². The summed E-state index contributed by atoms with van der Waals surface area (Å²) in [6, 6.07) is 2.48. The minimum atomic E-state index is -0.667. The molecular formula is C13H19ClN2O4. The molecule has 1 amide bonds. The molecule has 0 heterocycles. The number of carbonyl (C=O) groups excluding carboxylic acids is 1. The number of halogens is 1. The van der Waals surface area contributed by atoms with Crippen LogP contribution in [0.25, 0.3) is 0 Å². The first-order chi connectivity index (χ1) is 9.53. The fourth-order valence-electron chi connectivity index (χ4n) is 1.55. The molecule has 0 aliphatic carbocycles. The summed E-state index contributed by atoms with van der Waals surface area (Å²) in [4.78, 5) is 11.9. The van der Waals surface area contributed by atoms with Crippen LogP contribution in [0.1, 0.15) is 6.42 Å².